The molecule has 5 atom stereocenters. The maximum absolute atomic E-state index is 5.46. The molecule has 2 heteroatoms. The molecular weight excluding hydrogens is 210 g/mol. The van der Waals surface area contributed by atoms with Crippen LogP contribution in [0, 0.1) is 23.7 Å². The standard InChI is InChI=1S/C15H25NO/c1-2-12-10-8-14(13(12)3-1)15(9-10)16-11-4-6-17-7-5-11/h10-16H,1-9H2. The van der Waals surface area contributed by atoms with E-state index in [4.69, 9.17) is 4.74 Å². The van der Waals surface area contributed by atoms with Gasteiger partial charge in [0.05, 0.1) is 0 Å². The second kappa shape index (κ2) is 4.24. The fourth-order valence-corrected chi connectivity index (χ4v) is 5.43. The Labute approximate surface area is 104 Å². The van der Waals surface area contributed by atoms with Gasteiger partial charge in [-0.2, -0.15) is 0 Å². The zero-order valence-corrected chi connectivity index (χ0v) is 10.7. The second-order valence-corrected chi connectivity index (χ2v) is 6.81. The number of hydrogen-bond donors (Lipinski definition) is 1. The summed E-state index contributed by atoms with van der Waals surface area (Å²) < 4.78 is 5.46. The smallest absolute Gasteiger partial charge is 0.0480 e. The van der Waals surface area contributed by atoms with Crippen LogP contribution in [0.2, 0.25) is 0 Å². The summed E-state index contributed by atoms with van der Waals surface area (Å²) in [5.74, 6) is 4.36. The summed E-state index contributed by atoms with van der Waals surface area (Å²) in [6.45, 7) is 1.95. The zero-order chi connectivity index (χ0) is 11.2. The second-order valence-electron chi connectivity index (χ2n) is 6.81. The third-order valence-corrected chi connectivity index (χ3v) is 6.10. The van der Waals surface area contributed by atoms with E-state index in [1.165, 1.54) is 32.1 Å². The molecular formula is C15H25NO. The molecule has 1 saturated heterocycles. The van der Waals surface area contributed by atoms with E-state index in [1.54, 1.807) is 12.8 Å². The van der Waals surface area contributed by atoms with Crippen LogP contribution in [0.25, 0.3) is 0 Å². The van der Waals surface area contributed by atoms with Crippen LogP contribution in [0.4, 0.5) is 0 Å². The molecule has 0 amide bonds. The summed E-state index contributed by atoms with van der Waals surface area (Å²) >= 11 is 0. The highest BCUT2D eigenvalue weighted by atomic mass is 16.5. The van der Waals surface area contributed by atoms with Crippen LogP contribution in [-0.2, 0) is 4.74 Å². The predicted molar refractivity (Wildman–Crippen MR) is 67.8 cm³/mol. The first kappa shape index (κ1) is 10.8. The summed E-state index contributed by atoms with van der Waals surface area (Å²) in [7, 11) is 0. The largest absolute Gasteiger partial charge is 0.381 e. The molecule has 4 fully saturated rings. The van der Waals surface area contributed by atoms with Crippen molar-refractivity contribution < 1.29 is 4.74 Å². The van der Waals surface area contributed by atoms with Gasteiger partial charge >= 0.3 is 0 Å². The van der Waals surface area contributed by atoms with E-state index in [9.17, 15) is 0 Å². The van der Waals surface area contributed by atoms with Crippen molar-refractivity contribution in [1.29, 1.82) is 0 Å². The van der Waals surface area contributed by atoms with E-state index in [2.05, 4.69) is 5.32 Å². The highest BCUT2D eigenvalue weighted by Crippen LogP contribution is 2.58. The van der Waals surface area contributed by atoms with Crippen LogP contribution in [-0.4, -0.2) is 25.3 Å². The van der Waals surface area contributed by atoms with Crippen molar-refractivity contribution in [2.75, 3.05) is 13.2 Å². The minimum atomic E-state index is 0.757. The zero-order valence-electron chi connectivity index (χ0n) is 10.7. The summed E-state index contributed by atoms with van der Waals surface area (Å²) in [6, 6.07) is 1.62. The molecule has 4 rings (SSSR count). The first-order valence-electron chi connectivity index (χ1n) is 7.75. The molecule has 0 radical (unpaired) electrons. The lowest BCUT2D eigenvalue weighted by atomic mass is 9.79. The molecule has 2 bridgehead atoms. The SMILES string of the molecule is C1CC2C3CC(NC4CCOCC4)C(C3)C2C1. The van der Waals surface area contributed by atoms with Gasteiger partial charge in [0, 0.05) is 25.3 Å². The van der Waals surface area contributed by atoms with Gasteiger partial charge in [-0.05, 0) is 62.2 Å². The van der Waals surface area contributed by atoms with Gasteiger partial charge in [0.2, 0.25) is 0 Å². The Morgan fingerprint density at radius 1 is 0.824 bits per heavy atom. The number of fused-ring (bicyclic) bond motifs is 5. The number of nitrogens with one attached hydrogen (secondary N) is 1. The molecule has 4 aliphatic rings. The molecule has 5 unspecified atom stereocenters. The van der Waals surface area contributed by atoms with E-state index in [0.717, 1.165) is 49.0 Å². The number of hydrogen-bond acceptors (Lipinski definition) is 2. The Morgan fingerprint density at radius 3 is 2.53 bits per heavy atom. The maximum Gasteiger partial charge on any atom is 0.0480 e. The summed E-state index contributed by atoms with van der Waals surface area (Å²) in [4.78, 5) is 0. The normalized spacial score (nSPS) is 49.8. The van der Waals surface area contributed by atoms with E-state index in [0.29, 0.717) is 0 Å². The highest BCUT2D eigenvalue weighted by molar-refractivity contribution is 5.06. The first-order valence-corrected chi connectivity index (χ1v) is 7.75. The molecule has 0 aromatic rings. The fraction of sp³-hybridized carbons (Fsp3) is 1.00. The lowest BCUT2D eigenvalue weighted by molar-refractivity contribution is 0.0688. The molecule has 17 heavy (non-hydrogen) atoms. The van der Waals surface area contributed by atoms with Crippen molar-refractivity contribution in [3.8, 4) is 0 Å². The van der Waals surface area contributed by atoms with Gasteiger partial charge in [-0.25, -0.2) is 0 Å². The minimum absolute atomic E-state index is 0.757. The van der Waals surface area contributed by atoms with Gasteiger partial charge in [-0.1, -0.05) is 6.42 Å². The Balaban J connectivity index is 1.40. The average Bonchev–Trinajstić information content (AvgIpc) is 3.01. The topological polar surface area (TPSA) is 21.3 Å². The summed E-state index contributed by atoms with van der Waals surface area (Å²) in [5.41, 5.74) is 0. The van der Waals surface area contributed by atoms with Crippen LogP contribution in [0.3, 0.4) is 0 Å². The number of rotatable bonds is 2. The molecule has 1 heterocycles. The molecule has 1 aliphatic heterocycles. The molecule has 3 saturated carbocycles. The van der Waals surface area contributed by atoms with Gasteiger partial charge in [-0.15, -0.1) is 0 Å². The Morgan fingerprint density at radius 2 is 1.65 bits per heavy atom. The van der Waals surface area contributed by atoms with Crippen LogP contribution < -0.4 is 5.32 Å². The van der Waals surface area contributed by atoms with E-state index in [-0.39, 0.29) is 0 Å². The lowest BCUT2D eigenvalue weighted by Crippen LogP contribution is -2.46. The van der Waals surface area contributed by atoms with Gasteiger partial charge < -0.3 is 10.1 Å². The number of ether oxygens (including phenoxy) is 1. The average molecular weight is 235 g/mol. The Kier molecular flexibility index (Phi) is 2.69. The molecule has 0 spiro atoms. The highest BCUT2D eigenvalue weighted by Gasteiger charge is 2.53. The van der Waals surface area contributed by atoms with Gasteiger partial charge in [-0.3, -0.25) is 0 Å². The predicted octanol–water partition coefficient (Wildman–Crippen LogP) is 2.58. The van der Waals surface area contributed by atoms with Crippen LogP contribution >= 0.6 is 0 Å². The first-order chi connectivity index (χ1) is 8.42. The molecule has 1 N–H and O–H groups in total. The van der Waals surface area contributed by atoms with E-state index in [1.807, 2.05) is 0 Å². The minimum Gasteiger partial charge on any atom is -0.381 e. The molecule has 0 aromatic heterocycles. The fourth-order valence-electron chi connectivity index (χ4n) is 5.43. The molecule has 3 aliphatic carbocycles. The Bertz CT molecular complexity index is 287. The van der Waals surface area contributed by atoms with Crippen molar-refractivity contribution in [2.24, 2.45) is 23.7 Å². The van der Waals surface area contributed by atoms with Crippen molar-refractivity contribution >= 4 is 0 Å². The van der Waals surface area contributed by atoms with Crippen LogP contribution in [0.15, 0.2) is 0 Å². The third kappa shape index (κ3) is 1.76. The monoisotopic (exact) mass is 235 g/mol. The summed E-state index contributed by atoms with van der Waals surface area (Å²) in [5, 5.41) is 3.98. The van der Waals surface area contributed by atoms with Crippen molar-refractivity contribution in [3.63, 3.8) is 0 Å². The van der Waals surface area contributed by atoms with E-state index >= 15 is 0 Å². The molecule has 96 valence electrons. The maximum atomic E-state index is 5.46. The van der Waals surface area contributed by atoms with E-state index < -0.39 is 0 Å². The van der Waals surface area contributed by atoms with Crippen molar-refractivity contribution in [1.82, 2.24) is 5.32 Å². The van der Waals surface area contributed by atoms with Crippen molar-refractivity contribution in [3.05, 3.63) is 0 Å². The van der Waals surface area contributed by atoms with Gasteiger partial charge in [0.25, 0.3) is 0 Å². The molecule has 2 nitrogen and oxygen atoms in total. The third-order valence-electron chi connectivity index (χ3n) is 6.10. The van der Waals surface area contributed by atoms with Crippen LogP contribution in [0.5, 0.6) is 0 Å². The van der Waals surface area contributed by atoms with Crippen molar-refractivity contribution in [2.45, 2.75) is 57.0 Å². The summed E-state index contributed by atoms with van der Waals surface area (Å²) in [6.07, 6.45) is 10.1. The van der Waals surface area contributed by atoms with Crippen LogP contribution in [0.1, 0.15) is 44.9 Å². The molecule has 0 aromatic carbocycles. The van der Waals surface area contributed by atoms with Gasteiger partial charge in [0.1, 0.15) is 0 Å². The quantitative estimate of drug-likeness (QED) is 0.794. The van der Waals surface area contributed by atoms with Gasteiger partial charge in [0.15, 0.2) is 0 Å². The Hall–Kier alpha value is -0.0800. The lowest BCUT2D eigenvalue weighted by Gasteiger charge is -2.35.